The fraction of sp³-hybridized carbons (Fsp3) is 0.500. The molecule has 0 saturated carbocycles. The summed E-state index contributed by atoms with van der Waals surface area (Å²) in [4.78, 5) is 0. The molecule has 2 unspecified atom stereocenters. The van der Waals surface area contributed by atoms with E-state index in [-0.39, 0.29) is 0 Å². The van der Waals surface area contributed by atoms with Crippen molar-refractivity contribution in [3.8, 4) is 0 Å². The van der Waals surface area contributed by atoms with Crippen LogP contribution in [0.1, 0.15) is 25.0 Å². The lowest BCUT2D eigenvalue weighted by atomic mass is 9.78. The number of fused-ring (bicyclic) bond motifs is 1. The third-order valence-electron chi connectivity index (χ3n) is 3.11. The minimum absolute atomic E-state index is 0.841. The van der Waals surface area contributed by atoms with E-state index in [9.17, 15) is 0 Å². The molecule has 2 rings (SSSR count). The molecule has 1 aliphatic carbocycles. The third kappa shape index (κ3) is 1.26. The van der Waals surface area contributed by atoms with Crippen LogP contribution in [0.15, 0.2) is 18.2 Å². The minimum Gasteiger partial charge on any atom is -0.0619 e. The van der Waals surface area contributed by atoms with E-state index in [4.69, 9.17) is 0 Å². The molecule has 0 aliphatic heterocycles. The smallest absolute Gasteiger partial charge is 0.0181 e. The van der Waals surface area contributed by atoms with Gasteiger partial charge in [0.2, 0.25) is 0 Å². The van der Waals surface area contributed by atoms with Crippen LogP contribution in [0.5, 0.6) is 0 Å². The van der Waals surface area contributed by atoms with Crippen LogP contribution in [0, 0.1) is 17.9 Å². The van der Waals surface area contributed by atoms with Crippen LogP contribution in [0.4, 0.5) is 0 Å². The SMILES string of the molecule is CC1Cc2c[c]ccc2CC1C. The van der Waals surface area contributed by atoms with Crippen molar-refractivity contribution in [3.05, 3.63) is 35.4 Å². The standard InChI is InChI=1S/C12H15/c1-9-7-11-5-3-4-6-12(11)8-10(9)2/h3,5-6,9-10H,7-8H2,1-2H3. The molecule has 0 fully saturated rings. The van der Waals surface area contributed by atoms with Crippen LogP contribution < -0.4 is 0 Å². The van der Waals surface area contributed by atoms with Gasteiger partial charge in [-0.2, -0.15) is 0 Å². The van der Waals surface area contributed by atoms with Crippen molar-refractivity contribution in [2.75, 3.05) is 0 Å². The van der Waals surface area contributed by atoms with Crippen molar-refractivity contribution in [1.82, 2.24) is 0 Å². The number of benzene rings is 1. The normalized spacial score (nSPS) is 28.2. The van der Waals surface area contributed by atoms with E-state index in [0.29, 0.717) is 0 Å². The number of rotatable bonds is 0. The van der Waals surface area contributed by atoms with E-state index in [1.165, 1.54) is 18.4 Å². The summed E-state index contributed by atoms with van der Waals surface area (Å²) in [5.74, 6) is 1.69. The second-order valence-corrected chi connectivity index (χ2v) is 4.06. The highest BCUT2D eigenvalue weighted by Crippen LogP contribution is 2.28. The minimum atomic E-state index is 0.841. The molecule has 1 aliphatic rings. The quantitative estimate of drug-likeness (QED) is 0.546. The van der Waals surface area contributed by atoms with Gasteiger partial charge in [0.05, 0.1) is 0 Å². The summed E-state index contributed by atoms with van der Waals surface area (Å²) in [7, 11) is 0. The molecule has 2 atom stereocenters. The van der Waals surface area contributed by atoms with Crippen LogP contribution in [0.2, 0.25) is 0 Å². The summed E-state index contributed by atoms with van der Waals surface area (Å²) in [6, 6.07) is 9.56. The molecule has 1 radical (unpaired) electrons. The zero-order valence-corrected chi connectivity index (χ0v) is 7.80. The van der Waals surface area contributed by atoms with Gasteiger partial charge in [-0.1, -0.05) is 32.0 Å². The van der Waals surface area contributed by atoms with Crippen molar-refractivity contribution >= 4 is 0 Å². The number of hydrogen-bond acceptors (Lipinski definition) is 0. The lowest BCUT2D eigenvalue weighted by Crippen LogP contribution is -2.20. The predicted molar refractivity (Wildman–Crippen MR) is 51.0 cm³/mol. The highest BCUT2D eigenvalue weighted by molar-refractivity contribution is 5.29. The molecule has 0 nitrogen and oxygen atoms in total. The first-order valence-electron chi connectivity index (χ1n) is 4.75. The van der Waals surface area contributed by atoms with Gasteiger partial charge in [0.15, 0.2) is 0 Å². The second-order valence-electron chi connectivity index (χ2n) is 4.06. The van der Waals surface area contributed by atoms with E-state index >= 15 is 0 Å². The molecular weight excluding hydrogens is 144 g/mol. The van der Waals surface area contributed by atoms with Gasteiger partial charge < -0.3 is 0 Å². The first-order valence-corrected chi connectivity index (χ1v) is 4.75. The Balaban J connectivity index is 2.34. The van der Waals surface area contributed by atoms with Crippen LogP contribution in [0.3, 0.4) is 0 Å². The molecule has 63 valence electrons. The Morgan fingerprint density at radius 3 is 2.58 bits per heavy atom. The molecular formula is C12H15. The first-order chi connectivity index (χ1) is 5.77. The molecule has 0 bridgehead atoms. The van der Waals surface area contributed by atoms with Gasteiger partial charge in [-0.15, -0.1) is 0 Å². The van der Waals surface area contributed by atoms with Crippen LogP contribution in [-0.4, -0.2) is 0 Å². The Kier molecular flexibility index (Phi) is 1.92. The highest BCUT2D eigenvalue weighted by Gasteiger charge is 2.20. The summed E-state index contributed by atoms with van der Waals surface area (Å²) in [5.41, 5.74) is 3.06. The predicted octanol–water partition coefficient (Wildman–Crippen LogP) is 2.86. The molecule has 0 amide bonds. The van der Waals surface area contributed by atoms with Crippen LogP contribution in [0.25, 0.3) is 0 Å². The lowest BCUT2D eigenvalue weighted by Gasteiger charge is -2.27. The average molecular weight is 159 g/mol. The Bertz CT molecular complexity index is 246. The fourth-order valence-electron chi connectivity index (χ4n) is 1.98. The largest absolute Gasteiger partial charge is 0.0619 e. The molecule has 1 aromatic rings. The summed E-state index contributed by atoms with van der Waals surface area (Å²) < 4.78 is 0. The summed E-state index contributed by atoms with van der Waals surface area (Å²) in [6.07, 6.45) is 2.50. The van der Waals surface area contributed by atoms with Gasteiger partial charge >= 0.3 is 0 Å². The van der Waals surface area contributed by atoms with Gasteiger partial charge in [-0.05, 0) is 41.9 Å². The molecule has 0 N–H and O–H groups in total. The van der Waals surface area contributed by atoms with E-state index in [1.54, 1.807) is 5.56 Å². The summed E-state index contributed by atoms with van der Waals surface area (Å²) in [6.45, 7) is 4.70. The maximum absolute atomic E-state index is 3.16. The van der Waals surface area contributed by atoms with Gasteiger partial charge in [0, 0.05) is 0 Å². The zero-order valence-electron chi connectivity index (χ0n) is 7.80. The molecule has 0 heterocycles. The van der Waals surface area contributed by atoms with E-state index in [2.05, 4.69) is 32.0 Å². The molecule has 12 heavy (non-hydrogen) atoms. The molecule has 1 aromatic carbocycles. The average Bonchev–Trinajstić information content (AvgIpc) is 2.07. The van der Waals surface area contributed by atoms with Gasteiger partial charge in [-0.25, -0.2) is 0 Å². The molecule has 0 heteroatoms. The van der Waals surface area contributed by atoms with Crippen LogP contribution in [-0.2, 0) is 12.8 Å². The molecule has 0 aromatic heterocycles. The zero-order chi connectivity index (χ0) is 8.55. The van der Waals surface area contributed by atoms with Gasteiger partial charge in [0.25, 0.3) is 0 Å². The van der Waals surface area contributed by atoms with Crippen molar-refractivity contribution in [2.24, 2.45) is 11.8 Å². The summed E-state index contributed by atoms with van der Waals surface area (Å²) >= 11 is 0. The van der Waals surface area contributed by atoms with E-state index in [0.717, 1.165) is 11.8 Å². The van der Waals surface area contributed by atoms with Gasteiger partial charge in [-0.3, -0.25) is 0 Å². The number of hydrogen-bond donors (Lipinski definition) is 0. The third-order valence-corrected chi connectivity index (χ3v) is 3.11. The van der Waals surface area contributed by atoms with Crippen molar-refractivity contribution in [1.29, 1.82) is 0 Å². The monoisotopic (exact) mass is 159 g/mol. The highest BCUT2D eigenvalue weighted by atomic mass is 14.3. The summed E-state index contributed by atoms with van der Waals surface area (Å²) in [5, 5.41) is 0. The second kappa shape index (κ2) is 2.93. The fourth-order valence-corrected chi connectivity index (χ4v) is 1.98. The lowest BCUT2D eigenvalue weighted by molar-refractivity contribution is 0.361. The van der Waals surface area contributed by atoms with Crippen molar-refractivity contribution in [3.63, 3.8) is 0 Å². The Hall–Kier alpha value is -0.780. The van der Waals surface area contributed by atoms with E-state index in [1.807, 2.05) is 6.07 Å². The Labute approximate surface area is 74.6 Å². The maximum Gasteiger partial charge on any atom is -0.0181 e. The molecule has 0 saturated heterocycles. The first kappa shape index (κ1) is 7.85. The van der Waals surface area contributed by atoms with Crippen molar-refractivity contribution < 1.29 is 0 Å². The maximum atomic E-state index is 3.16. The Morgan fingerprint density at radius 2 is 1.83 bits per heavy atom. The Morgan fingerprint density at radius 1 is 1.17 bits per heavy atom. The van der Waals surface area contributed by atoms with Gasteiger partial charge in [0.1, 0.15) is 0 Å². The van der Waals surface area contributed by atoms with Crippen molar-refractivity contribution in [2.45, 2.75) is 26.7 Å². The van der Waals surface area contributed by atoms with E-state index < -0.39 is 0 Å². The topological polar surface area (TPSA) is 0 Å². The van der Waals surface area contributed by atoms with Crippen LogP contribution >= 0.6 is 0 Å². The molecule has 0 spiro atoms.